The van der Waals surface area contributed by atoms with Crippen LogP contribution in [0.1, 0.15) is 42.9 Å². The molecule has 1 atom stereocenters. The van der Waals surface area contributed by atoms with Crippen molar-refractivity contribution in [1.29, 1.82) is 0 Å². The molecule has 1 N–H and O–H groups in total. The number of hydrogen-bond donors (Lipinski definition) is 1. The lowest BCUT2D eigenvalue weighted by Gasteiger charge is -2.26. The molecule has 1 heterocycles. The summed E-state index contributed by atoms with van der Waals surface area (Å²) in [4.78, 5) is 39.2. The van der Waals surface area contributed by atoms with Crippen molar-refractivity contribution < 1.29 is 28.6 Å². The van der Waals surface area contributed by atoms with Crippen LogP contribution in [0.3, 0.4) is 0 Å². The smallest absolute Gasteiger partial charge is 0.335 e. The Morgan fingerprint density at radius 2 is 1.65 bits per heavy atom. The Hall–Kier alpha value is -4.11. The molecule has 9 heteroatoms. The van der Waals surface area contributed by atoms with Crippen molar-refractivity contribution >= 4 is 45.5 Å². The summed E-state index contributed by atoms with van der Waals surface area (Å²) in [6, 6.07) is 17.5. The highest BCUT2D eigenvalue weighted by Gasteiger charge is 2.36. The predicted octanol–water partition coefficient (Wildman–Crippen LogP) is 6.40. The summed E-state index contributed by atoms with van der Waals surface area (Å²) >= 11 is 3.50. The van der Waals surface area contributed by atoms with Crippen LogP contribution < -0.4 is 24.4 Å². The second kappa shape index (κ2) is 12.8. The summed E-state index contributed by atoms with van der Waals surface area (Å²) < 4.78 is 17.8. The number of methoxy groups -OCH3 is 1. The highest BCUT2D eigenvalue weighted by Crippen LogP contribution is 2.37. The average molecular weight is 608 g/mol. The van der Waals surface area contributed by atoms with Gasteiger partial charge >= 0.3 is 6.03 Å². The number of carbonyl (C=O) groups is 3. The lowest BCUT2D eigenvalue weighted by Crippen LogP contribution is -2.54. The van der Waals surface area contributed by atoms with Gasteiger partial charge in [-0.3, -0.25) is 14.9 Å². The predicted molar refractivity (Wildman–Crippen MR) is 157 cm³/mol. The van der Waals surface area contributed by atoms with Crippen molar-refractivity contribution in [3.63, 3.8) is 0 Å². The van der Waals surface area contributed by atoms with E-state index in [1.54, 1.807) is 36.4 Å². The molecule has 4 rings (SSSR count). The molecule has 0 spiro atoms. The molecule has 3 aromatic carbocycles. The van der Waals surface area contributed by atoms with Crippen LogP contribution in [0.5, 0.6) is 17.2 Å². The van der Waals surface area contributed by atoms with Crippen molar-refractivity contribution in [1.82, 2.24) is 5.32 Å². The Labute approximate surface area is 242 Å². The SMILES string of the molecule is CCC(C)c1ccc(OCCOc2c(Br)cc(/C=C3\C(=O)NC(=O)N(c4ccc(C)cc4)C3=O)cc2OC)cc1. The number of hydrogen-bond acceptors (Lipinski definition) is 6. The van der Waals surface area contributed by atoms with Gasteiger partial charge < -0.3 is 14.2 Å². The topological polar surface area (TPSA) is 94.2 Å². The number of ether oxygens (including phenoxy) is 3. The first-order valence-corrected chi connectivity index (χ1v) is 13.7. The summed E-state index contributed by atoms with van der Waals surface area (Å²) in [6.45, 7) is 6.84. The Morgan fingerprint density at radius 1 is 0.975 bits per heavy atom. The first-order chi connectivity index (χ1) is 19.2. The van der Waals surface area contributed by atoms with E-state index in [-0.39, 0.29) is 12.2 Å². The van der Waals surface area contributed by atoms with Gasteiger partial charge in [0, 0.05) is 0 Å². The minimum absolute atomic E-state index is 0.185. The minimum Gasteiger partial charge on any atom is -0.493 e. The molecule has 1 unspecified atom stereocenters. The van der Waals surface area contributed by atoms with Crippen LogP contribution in [-0.4, -0.2) is 38.2 Å². The third-order valence-corrected chi connectivity index (χ3v) is 7.21. The zero-order chi connectivity index (χ0) is 28.8. The molecule has 8 nitrogen and oxygen atoms in total. The first-order valence-electron chi connectivity index (χ1n) is 12.9. The molecule has 4 amide bonds. The number of barbiturate groups is 1. The quantitative estimate of drug-likeness (QED) is 0.163. The minimum atomic E-state index is -0.799. The summed E-state index contributed by atoms with van der Waals surface area (Å²) in [6.07, 6.45) is 2.49. The molecule has 1 fully saturated rings. The van der Waals surface area contributed by atoms with Crippen molar-refractivity contribution in [3.8, 4) is 17.2 Å². The molecule has 3 aromatic rings. The van der Waals surface area contributed by atoms with Gasteiger partial charge in [-0.2, -0.15) is 0 Å². The van der Waals surface area contributed by atoms with Crippen LogP contribution in [0.2, 0.25) is 0 Å². The fraction of sp³-hybridized carbons (Fsp3) is 0.258. The van der Waals surface area contributed by atoms with Crippen LogP contribution in [0.15, 0.2) is 70.7 Å². The van der Waals surface area contributed by atoms with Crippen LogP contribution in [0, 0.1) is 6.92 Å². The number of imide groups is 2. The summed E-state index contributed by atoms with van der Waals surface area (Å²) in [7, 11) is 1.50. The number of nitrogens with zero attached hydrogens (tertiary/aromatic N) is 1. The van der Waals surface area contributed by atoms with E-state index in [1.807, 2.05) is 19.1 Å². The molecule has 1 aliphatic heterocycles. The standard InChI is InChI=1S/C31H31BrN2O6/c1-5-20(3)22-8-12-24(13-9-22)39-14-15-40-28-26(32)17-21(18-27(28)38-4)16-25-29(35)33-31(37)34(30(25)36)23-10-6-19(2)7-11-23/h6-13,16-18,20H,5,14-15H2,1-4H3,(H,33,35,37)/b25-16+. The second-order valence-corrected chi connectivity index (χ2v) is 10.3. The third kappa shape index (κ3) is 6.54. The molecule has 1 aliphatic rings. The monoisotopic (exact) mass is 606 g/mol. The van der Waals surface area contributed by atoms with Gasteiger partial charge in [0.25, 0.3) is 11.8 Å². The summed E-state index contributed by atoms with van der Waals surface area (Å²) in [5, 5.41) is 2.23. The number of aryl methyl sites for hydroxylation is 1. The largest absolute Gasteiger partial charge is 0.493 e. The van der Waals surface area contributed by atoms with Gasteiger partial charge in [0.1, 0.15) is 24.5 Å². The van der Waals surface area contributed by atoms with Gasteiger partial charge in [-0.1, -0.05) is 43.7 Å². The van der Waals surface area contributed by atoms with Gasteiger partial charge in [0.15, 0.2) is 11.5 Å². The number of halogens is 1. The van der Waals surface area contributed by atoms with E-state index < -0.39 is 17.8 Å². The highest BCUT2D eigenvalue weighted by atomic mass is 79.9. The van der Waals surface area contributed by atoms with Gasteiger partial charge in [-0.15, -0.1) is 0 Å². The fourth-order valence-electron chi connectivity index (χ4n) is 4.15. The maximum Gasteiger partial charge on any atom is 0.335 e. The van der Waals surface area contributed by atoms with Crippen molar-refractivity contribution in [2.24, 2.45) is 0 Å². The normalized spacial score (nSPS) is 15.2. The molecule has 1 saturated heterocycles. The number of nitrogens with one attached hydrogen (secondary N) is 1. The van der Waals surface area contributed by atoms with E-state index in [2.05, 4.69) is 47.2 Å². The molecule has 40 heavy (non-hydrogen) atoms. The summed E-state index contributed by atoms with van der Waals surface area (Å²) in [5.41, 5.74) is 2.93. The Bertz CT molecular complexity index is 1430. The van der Waals surface area contributed by atoms with E-state index >= 15 is 0 Å². The van der Waals surface area contributed by atoms with Gasteiger partial charge in [-0.05, 0) is 88.8 Å². The van der Waals surface area contributed by atoms with Gasteiger partial charge in [-0.25, -0.2) is 9.69 Å². The van der Waals surface area contributed by atoms with Gasteiger partial charge in [0.05, 0.1) is 17.3 Å². The number of carbonyl (C=O) groups excluding carboxylic acids is 3. The molecule has 208 valence electrons. The van der Waals surface area contributed by atoms with Crippen LogP contribution >= 0.6 is 15.9 Å². The third-order valence-electron chi connectivity index (χ3n) is 6.62. The molecule has 0 bridgehead atoms. The lowest BCUT2D eigenvalue weighted by molar-refractivity contribution is -0.122. The van der Waals surface area contributed by atoms with E-state index in [9.17, 15) is 14.4 Å². The van der Waals surface area contributed by atoms with E-state index in [4.69, 9.17) is 14.2 Å². The lowest BCUT2D eigenvalue weighted by atomic mass is 9.99. The van der Waals surface area contributed by atoms with Crippen LogP contribution in [0.4, 0.5) is 10.5 Å². The summed E-state index contributed by atoms with van der Waals surface area (Å²) in [5.74, 6) is 0.620. The molecule has 0 radical (unpaired) electrons. The zero-order valence-corrected chi connectivity index (χ0v) is 24.4. The number of urea groups is 1. The van der Waals surface area contributed by atoms with Crippen LogP contribution in [0.25, 0.3) is 6.08 Å². The van der Waals surface area contributed by atoms with Gasteiger partial charge in [0.2, 0.25) is 0 Å². The number of anilines is 1. The Kier molecular flexibility index (Phi) is 9.26. The molecular weight excluding hydrogens is 576 g/mol. The maximum atomic E-state index is 13.2. The highest BCUT2D eigenvalue weighted by molar-refractivity contribution is 9.10. The molecule has 0 saturated carbocycles. The maximum absolute atomic E-state index is 13.2. The number of rotatable bonds is 10. The first kappa shape index (κ1) is 28.9. The Balaban J connectivity index is 1.47. The zero-order valence-electron chi connectivity index (χ0n) is 22.8. The van der Waals surface area contributed by atoms with Crippen molar-refractivity contribution in [2.45, 2.75) is 33.1 Å². The molecular formula is C31H31BrN2O6. The van der Waals surface area contributed by atoms with Crippen LogP contribution in [-0.2, 0) is 9.59 Å². The second-order valence-electron chi connectivity index (χ2n) is 9.40. The average Bonchev–Trinajstić information content (AvgIpc) is 2.94. The van der Waals surface area contributed by atoms with E-state index in [1.165, 1.54) is 18.7 Å². The molecule has 0 aliphatic carbocycles. The number of benzene rings is 3. The van der Waals surface area contributed by atoms with E-state index in [0.717, 1.165) is 22.6 Å². The number of amides is 4. The fourth-order valence-corrected chi connectivity index (χ4v) is 4.72. The van der Waals surface area contributed by atoms with Crippen molar-refractivity contribution in [2.75, 3.05) is 25.2 Å². The molecule has 0 aromatic heterocycles. The van der Waals surface area contributed by atoms with Crippen molar-refractivity contribution in [3.05, 3.63) is 87.4 Å². The Morgan fingerprint density at radius 3 is 2.30 bits per heavy atom. The van der Waals surface area contributed by atoms with E-state index in [0.29, 0.717) is 39.7 Å².